The third-order valence-electron chi connectivity index (χ3n) is 5.50. The van der Waals surface area contributed by atoms with Gasteiger partial charge < -0.3 is 25.0 Å². The molecule has 0 aliphatic carbocycles. The Morgan fingerprint density at radius 2 is 1.74 bits per heavy atom. The summed E-state index contributed by atoms with van der Waals surface area (Å²) in [5.74, 6) is 2.09. The van der Waals surface area contributed by atoms with Crippen LogP contribution in [-0.4, -0.2) is 56.7 Å². The lowest BCUT2D eigenvalue weighted by Crippen LogP contribution is -2.48. The second kappa shape index (κ2) is 10.0. The number of amides is 1. The monoisotopic (exact) mass is 397 g/mol. The maximum atomic E-state index is 12.8. The SMILES string of the molecule is COc1cc(NC2CCN(C(=O)[C@H]3CCN[C@@H](C)C3)CC2)cc(OC)c1.Cl. The van der Waals surface area contributed by atoms with Gasteiger partial charge in [0.15, 0.2) is 0 Å². The molecule has 0 bridgehead atoms. The lowest BCUT2D eigenvalue weighted by molar-refractivity contribution is -0.137. The summed E-state index contributed by atoms with van der Waals surface area (Å²) in [6.07, 6.45) is 3.85. The molecule has 152 valence electrons. The summed E-state index contributed by atoms with van der Waals surface area (Å²) in [6.45, 7) is 4.77. The first-order chi connectivity index (χ1) is 12.6. The Balaban J connectivity index is 0.00000261. The van der Waals surface area contributed by atoms with E-state index in [4.69, 9.17) is 9.47 Å². The first-order valence-corrected chi connectivity index (χ1v) is 9.61. The highest BCUT2D eigenvalue weighted by atomic mass is 35.5. The van der Waals surface area contributed by atoms with Crippen molar-refractivity contribution in [2.24, 2.45) is 5.92 Å². The summed E-state index contributed by atoms with van der Waals surface area (Å²) in [7, 11) is 3.31. The minimum Gasteiger partial charge on any atom is -0.497 e. The molecule has 2 aliphatic rings. The molecule has 27 heavy (non-hydrogen) atoms. The number of ether oxygens (including phenoxy) is 2. The maximum Gasteiger partial charge on any atom is 0.225 e. The predicted octanol–water partition coefficient (Wildman–Crippen LogP) is 2.92. The number of methoxy groups -OCH3 is 2. The highest BCUT2D eigenvalue weighted by Gasteiger charge is 2.30. The van der Waals surface area contributed by atoms with Crippen molar-refractivity contribution in [3.8, 4) is 11.5 Å². The Morgan fingerprint density at radius 1 is 1.11 bits per heavy atom. The highest BCUT2D eigenvalue weighted by molar-refractivity contribution is 5.85. The van der Waals surface area contributed by atoms with Crippen LogP contribution in [0.1, 0.15) is 32.6 Å². The fraction of sp³-hybridized carbons (Fsp3) is 0.650. The van der Waals surface area contributed by atoms with E-state index in [0.717, 1.165) is 62.5 Å². The van der Waals surface area contributed by atoms with Crippen LogP contribution in [0, 0.1) is 5.92 Å². The van der Waals surface area contributed by atoms with Gasteiger partial charge in [0, 0.05) is 55.0 Å². The first kappa shape index (κ1) is 21.6. The van der Waals surface area contributed by atoms with Crippen molar-refractivity contribution in [1.29, 1.82) is 0 Å². The number of benzene rings is 1. The molecule has 1 aromatic rings. The Bertz CT molecular complexity index is 598. The van der Waals surface area contributed by atoms with E-state index in [1.165, 1.54) is 0 Å². The molecule has 1 amide bonds. The number of carbonyl (C=O) groups excluding carboxylic acids is 1. The minimum atomic E-state index is 0. The van der Waals surface area contributed by atoms with Crippen molar-refractivity contribution in [2.75, 3.05) is 39.2 Å². The van der Waals surface area contributed by atoms with Gasteiger partial charge in [-0.2, -0.15) is 0 Å². The van der Waals surface area contributed by atoms with E-state index in [-0.39, 0.29) is 18.3 Å². The van der Waals surface area contributed by atoms with Crippen molar-refractivity contribution in [3.05, 3.63) is 18.2 Å². The van der Waals surface area contributed by atoms with Crippen molar-refractivity contribution >= 4 is 24.0 Å². The molecule has 0 unspecified atom stereocenters. The Hall–Kier alpha value is -1.66. The molecule has 6 nitrogen and oxygen atoms in total. The van der Waals surface area contributed by atoms with Gasteiger partial charge in [-0.15, -0.1) is 12.4 Å². The molecule has 1 aromatic carbocycles. The van der Waals surface area contributed by atoms with E-state index in [1.54, 1.807) is 14.2 Å². The van der Waals surface area contributed by atoms with Crippen LogP contribution in [0.15, 0.2) is 18.2 Å². The molecule has 2 saturated heterocycles. The summed E-state index contributed by atoms with van der Waals surface area (Å²) in [5.41, 5.74) is 0.998. The molecule has 0 saturated carbocycles. The van der Waals surface area contributed by atoms with E-state index < -0.39 is 0 Å². The standard InChI is InChI=1S/C20H31N3O3.ClH/c1-14-10-15(4-7-21-14)20(24)23-8-5-16(6-9-23)22-17-11-18(25-2)13-19(12-17)26-3;/h11-16,21-22H,4-10H2,1-3H3;1H/t14-,15-;/m0./s1. The maximum absolute atomic E-state index is 12.8. The summed E-state index contributed by atoms with van der Waals surface area (Å²) < 4.78 is 10.7. The lowest BCUT2D eigenvalue weighted by atomic mass is 9.91. The molecular weight excluding hydrogens is 366 g/mol. The summed E-state index contributed by atoms with van der Waals surface area (Å²) in [4.78, 5) is 14.8. The zero-order chi connectivity index (χ0) is 18.5. The number of likely N-dealkylation sites (tertiary alicyclic amines) is 1. The average molecular weight is 398 g/mol. The van der Waals surface area contributed by atoms with Crippen LogP contribution >= 0.6 is 12.4 Å². The van der Waals surface area contributed by atoms with Crippen LogP contribution < -0.4 is 20.1 Å². The van der Waals surface area contributed by atoms with Gasteiger partial charge in [-0.3, -0.25) is 4.79 Å². The van der Waals surface area contributed by atoms with Crippen LogP contribution in [0.25, 0.3) is 0 Å². The number of halogens is 1. The number of nitrogens with zero attached hydrogens (tertiary/aromatic N) is 1. The second-order valence-corrected chi connectivity index (χ2v) is 7.42. The molecule has 3 rings (SSSR count). The quantitative estimate of drug-likeness (QED) is 0.799. The van der Waals surface area contributed by atoms with Gasteiger partial charge in [-0.25, -0.2) is 0 Å². The minimum absolute atomic E-state index is 0. The van der Waals surface area contributed by atoms with Crippen LogP contribution in [0.5, 0.6) is 11.5 Å². The Kier molecular flexibility index (Phi) is 8.05. The molecule has 0 radical (unpaired) electrons. The van der Waals surface area contributed by atoms with Gasteiger partial charge in [0.25, 0.3) is 0 Å². The van der Waals surface area contributed by atoms with Crippen LogP contribution in [-0.2, 0) is 4.79 Å². The second-order valence-electron chi connectivity index (χ2n) is 7.42. The molecule has 7 heteroatoms. The Morgan fingerprint density at radius 3 is 2.30 bits per heavy atom. The third kappa shape index (κ3) is 5.66. The first-order valence-electron chi connectivity index (χ1n) is 9.61. The van der Waals surface area contributed by atoms with E-state index in [1.807, 2.05) is 18.2 Å². The number of carbonyl (C=O) groups is 1. The zero-order valence-electron chi connectivity index (χ0n) is 16.5. The van der Waals surface area contributed by atoms with E-state index in [0.29, 0.717) is 18.0 Å². The molecular formula is C20H32ClN3O3. The number of hydrogen-bond acceptors (Lipinski definition) is 5. The molecule has 2 atom stereocenters. The van der Waals surface area contributed by atoms with Crippen molar-refractivity contribution in [3.63, 3.8) is 0 Å². The van der Waals surface area contributed by atoms with Crippen LogP contribution in [0.4, 0.5) is 5.69 Å². The fourth-order valence-corrected chi connectivity index (χ4v) is 3.99. The number of piperidine rings is 2. The molecule has 0 aromatic heterocycles. The van der Waals surface area contributed by atoms with Gasteiger partial charge >= 0.3 is 0 Å². The highest BCUT2D eigenvalue weighted by Crippen LogP contribution is 2.28. The third-order valence-corrected chi connectivity index (χ3v) is 5.50. The van der Waals surface area contributed by atoms with Gasteiger partial charge in [0.2, 0.25) is 5.91 Å². The largest absolute Gasteiger partial charge is 0.497 e. The van der Waals surface area contributed by atoms with E-state index in [2.05, 4.69) is 22.5 Å². The average Bonchev–Trinajstić information content (AvgIpc) is 2.67. The van der Waals surface area contributed by atoms with Gasteiger partial charge in [0.1, 0.15) is 11.5 Å². The van der Waals surface area contributed by atoms with Gasteiger partial charge in [-0.1, -0.05) is 0 Å². The molecule has 0 spiro atoms. The van der Waals surface area contributed by atoms with Gasteiger partial charge in [-0.05, 0) is 39.2 Å². The summed E-state index contributed by atoms with van der Waals surface area (Å²) >= 11 is 0. The van der Waals surface area contributed by atoms with E-state index in [9.17, 15) is 4.79 Å². The molecule has 2 aliphatic heterocycles. The smallest absolute Gasteiger partial charge is 0.225 e. The number of rotatable bonds is 5. The molecule has 2 N–H and O–H groups in total. The number of nitrogens with one attached hydrogen (secondary N) is 2. The molecule has 2 fully saturated rings. The fourth-order valence-electron chi connectivity index (χ4n) is 3.99. The van der Waals surface area contributed by atoms with Gasteiger partial charge in [0.05, 0.1) is 14.2 Å². The predicted molar refractivity (Wildman–Crippen MR) is 110 cm³/mol. The van der Waals surface area contributed by atoms with E-state index >= 15 is 0 Å². The zero-order valence-corrected chi connectivity index (χ0v) is 17.3. The lowest BCUT2D eigenvalue weighted by Gasteiger charge is -2.37. The Labute approximate surface area is 168 Å². The topological polar surface area (TPSA) is 62.8 Å². The normalized spacial score (nSPS) is 23.3. The van der Waals surface area contributed by atoms with Crippen molar-refractivity contribution in [2.45, 2.75) is 44.7 Å². The summed E-state index contributed by atoms with van der Waals surface area (Å²) in [5, 5.41) is 6.99. The number of anilines is 1. The van der Waals surface area contributed by atoms with Crippen LogP contribution in [0.3, 0.4) is 0 Å². The number of hydrogen-bond donors (Lipinski definition) is 2. The van der Waals surface area contributed by atoms with Crippen molar-refractivity contribution in [1.82, 2.24) is 10.2 Å². The molecule has 2 heterocycles. The summed E-state index contributed by atoms with van der Waals surface area (Å²) in [6, 6.07) is 6.64. The van der Waals surface area contributed by atoms with Crippen LogP contribution in [0.2, 0.25) is 0 Å². The van der Waals surface area contributed by atoms with Crippen molar-refractivity contribution < 1.29 is 14.3 Å².